The molecule has 0 saturated carbocycles. The Morgan fingerprint density at radius 3 is 2.39 bits per heavy atom. The van der Waals surface area contributed by atoms with Crippen molar-refractivity contribution in [3.05, 3.63) is 54.6 Å². The van der Waals surface area contributed by atoms with E-state index in [1.54, 1.807) is 0 Å². The Balaban J connectivity index is 0.000000873. The van der Waals surface area contributed by atoms with Gasteiger partial charge in [-0.15, -0.1) is 6.58 Å². The maximum Gasteiger partial charge on any atom is -0.0219 e. The van der Waals surface area contributed by atoms with E-state index in [9.17, 15) is 0 Å². The van der Waals surface area contributed by atoms with Gasteiger partial charge in [-0.2, -0.15) is 0 Å². The van der Waals surface area contributed by atoms with Crippen LogP contribution in [-0.4, -0.2) is 0 Å². The molecule has 0 aliphatic carbocycles. The van der Waals surface area contributed by atoms with Gasteiger partial charge in [-0.3, -0.25) is 0 Å². The Morgan fingerprint density at radius 2 is 1.89 bits per heavy atom. The lowest BCUT2D eigenvalue weighted by Crippen LogP contribution is -1.90. The van der Waals surface area contributed by atoms with Crippen LogP contribution in [0.4, 0.5) is 0 Å². The molecule has 0 spiro atoms. The summed E-state index contributed by atoms with van der Waals surface area (Å²) in [6, 6.07) is 8.67. The van der Waals surface area contributed by atoms with Crippen molar-refractivity contribution in [1.82, 2.24) is 0 Å². The smallest absolute Gasteiger partial charge is 0.0219 e. The van der Waals surface area contributed by atoms with E-state index in [4.69, 9.17) is 0 Å². The molecule has 1 aromatic carbocycles. The van der Waals surface area contributed by atoms with Gasteiger partial charge in [0.05, 0.1) is 0 Å². The normalized spacial score (nSPS) is 9.61. The Labute approximate surface area is 113 Å². The quantitative estimate of drug-likeness (QED) is 0.540. The van der Waals surface area contributed by atoms with Crippen molar-refractivity contribution in [3.8, 4) is 0 Å². The summed E-state index contributed by atoms with van der Waals surface area (Å²) in [5.74, 6) is 0.581. The summed E-state index contributed by atoms with van der Waals surface area (Å²) in [5, 5.41) is 0. The van der Waals surface area contributed by atoms with Crippen molar-refractivity contribution in [2.45, 2.75) is 52.9 Å². The first-order valence-corrected chi connectivity index (χ1v) is 6.95. The van der Waals surface area contributed by atoms with Crippen LogP contribution in [0.3, 0.4) is 0 Å². The lowest BCUT2D eigenvalue weighted by atomic mass is 9.96. The largest absolute Gasteiger partial charge is 0.103 e. The third-order valence-electron chi connectivity index (χ3n) is 2.61. The van der Waals surface area contributed by atoms with Crippen molar-refractivity contribution < 1.29 is 0 Å². The van der Waals surface area contributed by atoms with E-state index < -0.39 is 0 Å². The van der Waals surface area contributed by atoms with Crippen molar-refractivity contribution in [2.75, 3.05) is 0 Å². The zero-order chi connectivity index (χ0) is 14.0. The van der Waals surface area contributed by atoms with Gasteiger partial charge >= 0.3 is 0 Å². The molecule has 0 nitrogen and oxygen atoms in total. The summed E-state index contributed by atoms with van der Waals surface area (Å²) in [6.45, 7) is 16.5. The van der Waals surface area contributed by atoms with E-state index in [0.717, 1.165) is 12.8 Å². The number of hydrogen-bond acceptors (Lipinski definition) is 0. The maximum atomic E-state index is 4.12. The average Bonchev–Trinajstić information content (AvgIpc) is 2.37. The van der Waals surface area contributed by atoms with Crippen LogP contribution in [0.1, 0.15) is 64.0 Å². The van der Waals surface area contributed by atoms with Gasteiger partial charge < -0.3 is 0 Å². The Bertz CT molecular complexity index is 358. The molecule has 0 heterocycles. The predicted octanol–water partition coefficient (Wildman–Crippen LogP) is 6.21. The Kier molecular flexibility index (Phi) is 9.00. The van der Waals surface area contributed by atoms with Crippen LogP contribution in [0.15, 0.2) is 43.5 Å². The van der Waals surface area contributed by atoms with Gasteiger partial charge in [0, 0.05) is 0 Å². The fraction of sp³-hybridized carbons (Fsp3) is 0.444. The highest BCUT2D eigenvalue weighted by Gasteiger charge is 2.02. The topological polar surface area (TPSA) is 0 Å². The molecule has 1 aromatic rings. The first-order chi connectivity index (χ1) is 8.56. The van der Waals surface area contributed by atoms with E-state index in [-0.39, 0.29) is 0 Å². The molecule has 0 saturated heterocycles. The van der Waals surface area contributed by atoms with Gasteiger partial charge in [0.15, 0.2) is 0 Å². The zero-order valence-electron chi connectivity index (χ0n) is 12.5. The standard InChI is InChI=1S/C15H20.C3H8/c1-5-6-8-13(4)15-10-7-9-14(11-15)12(2)3;1-3-2/h5,7,9-12H,1,4,6,8H2,2-3H3;3H2,1-2H3. The molecule has 0 aromatic heterocycles. The highest BCUT2D eigenvalue weighted by atomic mass is 14.1. The van der Waals surface area contributed by atoms with Crippen LogP contribution in [0.25, 0.3) is 5.57 Å². The van der Waals surface area contributed by atoms with E-state index in [1.807, 2.05) is 6.08 Å². The highest BCUT2D eigenvalue weighted by Crippen LogP contribution is 2.22. The van der Waals surface area contributed by atoms with Crippen LogP contribution in [0.5, 0.6) is 0 Å². The zero-order valence-corrected chi connectivity index (χ0v) is 12.5. The molecule has 0 heteroatoms. The van der Waals surface area contributed by atoms with E-state index in [0.29, 0.717) is 5.92 Å². The molecule has 0 bridgehead atoms. The summed E-state index contributed by atoms with van der Waals surface area (Å²) in [4.78, 5) is 0. The monoisotopic (exact) mass is 244 g/mol. The second-order valence-electron chi connectivity index (χ2n) is 4.92. The van der Waals surface area contributed by atoms with Crippen molar-refractivity contribution in [2.24, 2.45) is 0 Å². The molecule has 0 unspecified atom stereocenters. The number of rotatable bonds is 5. The van der Waals surface area contributed by atoms with Crippen molar-refractivity contribution >= 4 is 5.57 Å². The predicted molar refractivity (Wildman–Crippen MR) is 85.0 cm³/mol. The number of benzene rings is 1. The minimum atomic E-state index is 0.581. The van der Waals surface area contributed by atoms with Crippen molar-refractivity contribution in [1.29, 1.82) is 0 Å². The first-order valence-electron chi connectivity index (χ1n) is 6.95. The SMILES string of the molecule is C=CCCC(=C)c1cccc(C(C)C)c1.CCC. The van der Waals surface area contributed by atoms with Crippen molar-refractivity contribution in [3.63, 3.8) is 0 Å². The van der Waals surface area contributed by atoms with E-state index in [2.05, 4.69) is 65.1 Å². The first kappa shape index (κ1) is 16.7. The van der Waals surface area contributed by atoms with Gasteiger partial charge in [0.2, 0.25) is 0 Å². The van der Waals surface area contributed by atoms with Crippen LogP contribution in [-0.2, 0) is 0 Å². The molecule has 100 valence electrons. The number of hydrogen-bond donors (Lipinski definition) is 0. The summed E-state index contributed by atoms with van der Waals surface area (Å²) in [7, 11) is 0. The Hall–Kier alpha value is -1.30. The van der Waals surface area contributed by atoms with Gasteiger partial charge in [-0.1, -0.05) is 71.0 Å². The fourth-order valence-corrected chi connectivity index (χ4v) is 1.54. The third-order valence-corrected chi connectivity index (χ3v) is 2.61. The molecular weight excluding hydrogens is 216 g/mol. The van der Waals surface area contributed by atoms with Gasteiger partial charge in [0.1, 0.15) is 0 Å². The third kappa shape index (κ3) is 6.44. The molecule has 0 atom stereocenters. The van der Waals surface area contributed by atoms with Gasteiger partial charge in [-0.25, -0.2) is 0 Å². The maximum absolute atomic E-state index is 4.12. The highest BCUT2D eigenvalue weighted by molar-refractivity contribution is 5.64. The molecule has 0 fully saturated rings. The average molecular weight is 244 g/mol. The van der Waals surface area contributed by atoms with Crippen LogP contribution in [0.2, 0.25) is 0 Å². The summed E-state index contributed by atoms with van der Waals surface area (Å²) in [5.41, 5.74) is 3.85. The molecule has 0 radical (unpaired) electrons. The molecule has 18 heavy (non-hydrogen) atoms. The summed E-state index contributed by atoms with van der Waals surface area (Å²) < 4.78 is 0. The summed E-state index contributed by atoms with van der Waals surface area (Å²) in [6.07, 6.45) is 5.20. The second kappa shape index (κ2) is 9.70. The molecule has 0 amide bonds. The number of allylic oxidation sites excluding steroid dienone is 2. The molecule has 0 N–H and O–H groups in total. The van der Waals surface area contributed by atoms with Gasteiger partial charge in [0.25, 0.3) is 0 Å². The van der Waals surface area contributed by atoms with Crippen LogP contribution < -0.4 is 0 Å². The van der Waals surface area contributed by atoms with E-state index in [1.165, 1.54) is 23.1 Å². The van der Waals surface area contributed by atoms with Gasteiger partial charge in [-0.05, 0) is 35.5 Å². The minimum absolute atomic E-state index is 0.581. The van der Waals surface area contributed by atoms with E-state index >= 15 is 0 Å². The van der Waals surface area contributed by atoms with Crippen LogP contribution in [0, 0.1) is 0 Å². The summed E-state index contributed by atoms with van der Waals surface area (Å²) >= 11 is 0. The second-order valence-corrected chi connectivity index (χ2v) is 4.92. The van der Waals surface area contributed by atoms with Crippen LogP contribution >= 0.6 is 0 Å². The molecular formula is C18H28. The lowest BCUT2D eigenvalue weighted by molar-refractivity contribution is 0.865. The minimum Gasteiger partial charge on any atom is -0.103 e. The Morgan fingerprint density at radius 1 is 1.28 bits per heavy atom. The fourth-order valence-electron chi connectivity index (χ4n) is 1.54. The molecule has 0 aliphatic heterocycles. The lowest BCUT2D eigenvalue weighted by Gasteiger charge is -2.09. The molecule has 0 aliphatic rings. The molecule has 1 rings (SSSR count).